The number of rotatable bonds is 5. The van der Waals surface area contributed by atoms with Crippen molar-refractivity contribution in [3.63, 3.8) is 0 Å². The van der Waals surface area contributed by atoms with Crippen LogP contribution in [-0.4, -0.2) is 24.5 Å². The van der Waals surface area contributed by atoms with Crippen molar-refractivity contribution in [2.24, 2.45) is 5.16 Å². The standard InChI is InChI=1S/C11H15NO3/c1-3-14-11-7-9(5-6-10(11)13)8-12-15-4-2/h5-8,13H,3-4H2,1-2H3. The molecule has 0 saturated carbocycles. The summed E-state index contributed by atoms with van der Waals surface area (Å²) in [5.41, 5.74) is 0.824. The maximum absolute atomic E-state index is 9.44. The van der Waals surface area contributed by atoms with E-state index < -0.39 is 0 Å². The Morgan fingerprint density at radius 2 is 2.13 bits per heavy atom. The van der Waals surface area contributed by atoms with Crippen LogP contribution >= 0.6 is 0 Å². The van der Waals surface area contributed by atoms with Gasteiger partial charge in [-0.25, -0.2) is 0 Å². The predicted octanol–water partition coefficient (Wildman–Crippen LogP) is 2.16. The highest BCUT2D eigenvalue weighted by Crippen LogP contribution is 2.26. The van der Waals surface area contributed by atoms with E-state index in [9.17, 15) is 5.11 Å². The molecule has 0 spiro atoms. The Morgan fingerprint density at radius 1 is 1.33 bits per heavy atom. The number of oxime groups is 1. The van der Waals surface area contributed by atoms with Crippen LogP contribution in [0, 0.1) is 0 Å². The highest BCUT2D eigenvalue weighted by molar-refractivity contribution is 5.80. The zero-order valence-electron chi connectivity index (χ0n) is 8.93. The van der Waals surface area contributed by atoms with Crippen molar-refractivity contribution in [3.05, 3.63) is 23.8 Å². The van der Waals surface area contributed by atoms with Crippen molar-refractivity contribution in [3.8, 4) is 11.5 Å². The monoisotopic (exact) mass is 209 g/mol. The SMILES string of the molecule is CCON=Cc1ccc(O)c(OCC)c1. The van der Waals surface area contributed by atoms with Gasteiger partial charge in [-0.3, -0.25) is 0 Å². The Morgan fingerprint density at radius 3 is 2.80 bits per heavy atom. The van der Waals surface area contributed by atoms with Gasteiger partial charge in [-0.2, -0.15) is 0 Å². The fraction of sp³-hybridized carbons (Fsp3) is 0.364. The summed E-state index contributed by atoms with van der Waals surface area (Å²) in [5.74, 6) is 0.586. The number of benzene rings is 1. The van der Waals surface area contributed by atoms with Crippen molar-refractivity contribution in [1.82, 2.24) is 0 Å². The quantitative estimate of drug-likeness (QED) is 0.597. The topological polar surface area (TPSA) is 51.0 Å². The lowest BCUT2D eigenvalue weighted by atomic mass is 10.2. The summed E-state index contributed by atoms with van der Waals surface area (Å²) in [4.78, 5) is 4.83. The number of aromatic hydroxyl groups is 1. The van der Waals surface area contributed by atoms with Crippen molar-refractivity contribution < 1.29 is 14.7 Å². The summed E-state index contributed by atoms with van der Waals surface area (Å²) in [6.45, 7) is 4.77. The molecular formula is C11H15NO3. The van der Waals surface area contributed by atoms with Gasteiger partial charge in [0.05, 0.1) is 12.8 Å². The highest BCUT2D eigenvalue weighted by atomic mass is 16.6. The summed E-state index contributed by atoms with van der Waals surface area (Å²) in [6.07, 6.45) is 1.57. The van der Waals surface area contributed by atoms with E-state index in [4.69, 9.17) is 9.57 Å². The van der Waals surface area contributed by atoms with Gasteiger partial charge in [-0.05, 0) is 32.0 Å². The highest BCUT2D eigenvalue weighted by Gasteiger charge is 2.01. The van der Waals surface area contributed by atoms with E-state index in [1.807, 2.05) is 13.8 Å². The number of hydrogen-bond donors (Lipinski definition) is 1. The first kappa shape index (κ1) is 11.4. The first-order valence-corrected chi connectivity index (χ1v) is 4.89. The molecule has 0 unspecified atom stereocenters. The third-order valence-electron chi connectivity index (χ3n) is 1.69. The van der Waals surface area contributed by atoms with E-state index in [2.05, 4.69) is 5.16 Å². The molecule has 0 amide bonds. The fourth-order valence-electron chi connectivity index (χ4n) is 1.05. The summed E-state index contributed by atoms with van der Waals surface area (Å²) < 4.78 is 5.23. The number of phenolic OH excluding ortho intramolecular Hbond substituents is 1. The van der Waals surface area contributed by atoms with Gasteiger partial charge in [0.2, 0.25) is 0 Å². The summed E-state index contributed by atoms with van der Waals surface area (Å²) in [6, 6.07) is 5.01. The molecule has 82 valence electrons. The van der Waals surface area contributed by atoms with Crippen molar-refractivity contribution in [1.29, 1.82) is 0 Å². The van der Waals surface area contributed by atoms with E-state index in [1.165, 1.54) is 0 Å². The van der Waals surface area contributed by atoms with E-state index >= 15 is 0 Å². The lowest BCUT2D eigenvalue weighted by Crippen LogP contribution is -1.93. The van der Waals surface area contributed by atoms with Crippen LogP contribution in [0.5, 0.6) is 11.5 Å². The molecule has 0 aliphatic heterocycles. The van der Waals surface area contributed by atoms with Crippen LogP contribution in [0.3, 0.4) is 0 Å². The van der Waals surface area contributed by atoms with Gasteiger partial charge in [-0.1, -0.05) is 5.16 Å². The second-order valence-electron chi connectivity index (χ2n) is 2.81. The third kappa shape index (κ3) is 3.50. The molecule has 0 aliphatic carbocycles. The van der Waals surface area contributed by atoms with Crippen LogP contribution in [-0.2, 0) is 4.84 Å². The van der Waals surface area contributed by atoms with Gasteiger partial charge in [-0.15, -0.1) is 0 Å². The molecule has 0 atom stereocenters. The number of nitrogens with zero attached hydrogens (tertiary/aromatic N) is 1. The molecule has 0 heterocycles. The predicted molar refractivity (Wildman–Crippen MR) is 58.5 cm³/mol. The first-order valence-electron chi connectivity index (χ1n) is 4.89. The molecule has 1 rings (SSSR count). The van der Waals surface area contributed by atoms with Gasteiger partial charge in [0, 0.05) is 5.56 Å². The molecule has 0 saturated heterocycles. The van der Waals surface area contributed by atoms with Crippen LogP contribution in [0.25, 0.3) is 0 Å². The number of hydrogen-bond acceptors (Lipinski definition) is 4. The lowest BCUT2D eigenvalue weighted by molar-refractivity contribution is 0.160. The molecule has 0 fully saturated rings. The van der Waals surface area contributed by atoms with Crippen molar-refractivity contribution >= 4 is 6.21 Å². The van der Waals surface area contributed by atoms with E-state index in [0.717, 1.165) is 5.56 Å². The lowest BCUT2D eigenvalue weighted by Gasteiger charge is -2.05. The number of phenols is 1. The molecule has 0 bridgehead atoms. The van der Waals surface area contributed by atoms with Crippen LogP contribution in [0.2, 0.25) is 0 Å². The molecule has 4 nitrogen and oxygen atoms in total. The fourth-order valence-corrected chi connectivity index (χ4v) is 1.05. The molecule has 0 aromatic heterocycles. The Balaban J connectivity index is 2.77. The average molecular weight is 209 g/mol. The second-order valence-corrected chi connectivity index (χ2v) is 2.81. The van der Waals surface area contributed by atoms with Crippen LogP contribution < -0.4 is 4.74 Å². The van der Waals surface area contributed by atoms with Crippen molar-refractivity contribution in [2.45, 2.75) is 13.8 Å². The van der Waals surface area contributed by atoms with E-state index in [-0.39, 0.29) is 5.75 Å². The summed E-state index contributed by atoms with van der Waals surface area (Å²) >= 11 is 0. The molecular weight excluding hydrogens is 194 g/mol. The first-order chi connectivity index (χ1) is 7.27. The Labute approximate surface area is 89.1 Å². The normalized spacial score (nSPS) is 10.5. The zero-order valence-corrected chi connectivity index (χ0v) is 8.93. The molecule has 1 N–H and O–H groups in total. The molecule has 4 heteroatoms. The van der Waals surface area contributed by atoms with Gasteiger partial charge < -0.3 is 14.7 Å². The van der Waals surface area contributed by atoms with Crippen LogP contribution in [0.4, 0.5) is 0 Å². The van der Waals surface area contributed by atoms with Crippen molar-refractivity contribution in [2.75, 3.05) is 13.2 Å². The maximum Gasteiger partial charge on any atom is 0.161 e. The van der Waals surface area contributed by atoms with Gasteiger partial charge >= 0.3 is 0 Å². The molecule has 15 heavy (non-hydrogen) atoms. The smallest absolute Gasteiger partial charge is 0.161 e. The molecule has 1 aromatic carbocycles. The minimum Gasteiger partial charge on any atom is -0.504 e. The maximum atomic E-state index is 9.44. The Bertz CT molecular complexity index is 337. The van der Waals surface area contributed by atoms with Gasteiger partial charge in [0.15, 0.2) is 11.5 Å². The van der Waals surface area contributed by atoms with Crippen LogP contribution in [0.15, 0.2) is 23.4 Å². The van der Waals surface area contributed by atoms with E-state index in [1.54, 1.807) is 24.4 Å². The third-order valence-corrected chi connectivity index (χ3v) is 1.69. The second kappa shape index (κ2) is 5.90. The Hall–Kier alpha value is -1.71. The minimum atomic E-state index is 0.130. The Kier molecular flexibility index (Phi) is 4.47. The molecule has 0 radical (unpaired) electrons. The van der Waals surface area contributed by atoms with Gasteiger partial charge in [0.25, 0.3) is 0 Å². The number of ether oxygens (including phenoxy) is 1. The summed E-state index contributed by atoms with van der Waals surface area (Å²) in [5, 5.41) is 13.2. The zero-order chi connectivity index (χ0) is 11.1. The molecule has 0 aliphatic rings. The summed E-state index contributed by atoms with van der Waals surface area (Å²) in [7, 11) is 0. The van der Waals surface area contributed by atoms with E-state index in [0.29, 0.717) is 19.0 Å². The average Bonchev–Trinajstić information content (AvgIpc) is 2.23. The minimum absolute atomic E-state index is 0.130. The molecule has 1 aromatic rings. The largest absolute Gasteiger partial charge is 0.504 e. The van der Waals surface area contributed by atoms with Crippen LogP contribution in [0.1, 0.15) is 19.4 Å². The van der Waals surface area contributed by atoms with Gasteiger partial charge in [0.1, 0.15) is 6.61 Å².